The van der Waals surface area contributed by atoms with Crippen LogP contribution in [0.15, 0.2) is 34.0 Å². The molecule has 1 amide bonds. The van der Waals surface area contributed by atoms with E-state index in [0.29, 0.717) is 23.6 Å². The predicted octanol–water partition coefficient (Wildman–Crippen LogP) is 2.11. The quantitative estimate of drug-likeness (QED) is 0.831. The molecular weight excluding hydrogens is 374 g/mol. The Labute approximate surface area is 168 Å². The van der Waals surface area contributed by atoms with Crippen LogP contribution in [0.2, 0.25) is 0 Å². The van der Waals surface area contributed by atoms with E-state index in [1.807, 2.05) is 6.92 Å². The van der Waals surface area contributed by atoms with Crippen molar-refractivity contribution in [2.24, 2.45) is 0 Å². The van der Waals surface area contributed by atoms with E-state index >= 15 is 0 Å². The first-order valence-electron chi connectivity index (χ1n) is 10.1. The smallest absolute Gasteiger partial charge is 0.328 e. The summed E-state index contributed by atoms with van der Waals surface area (Å²) in [6.07, 6.45) is 6.52. The number of H-pyrrole nitrogens is 1. The summed E-state index contributed by atoms with van der Waals surface area (Å²) < 4.78 is 11.7. The molecule has 2 heterocycles. The standard InChI is InChI=1S/C21H25N3O5/c1-2-23(15-6-4-3-5-7-15)19(25)16-11-22-21(27)24(20(16)26)12-14-8-9-17-18(10-14)29-13-28-17/h8-11,15H,2-7,12-13H2,1H3,(H,22,27). The number of carbonyl (C=O) groups excluding carboxylic acids is 1. The summed E-state index contributed by atoms with van der Waals surface area (Å²) in [6, 6.07) is 5.40. The third-order valence-corrected chi connectivity index (χ3v) is 5.69. The first-order chi connectivity index (χ1) is 14.1. The maximum atomic E-state index is 13.1. The Morgan fingerprint density at radius 2 is 1.93 bits per heavy atom. The molecule has 0 unspecified atom stereocenters. The Morgan fingerprint density at radius 3 is 2.69 bits per heavy atom. The van der Waals surface area contributed by atoms with Crippen molar-refractivity contribution in [2.45, 2.75) is 51.6 Å². The zero-order valence-corrected chi connectivity index (χ0v) is 16.5. The number of amides is 1. The highest BCUT2D eigenvalue weighted by Crippen LogP contribution is 2.32. The molecule has 1 aromatic carbocycles. The highest BCUT2D eigenvalue weighted by molar-refractivity contribution is 5.93. The molecule has 1 aliphatic heterocycles. The Bertz CT molecular complexity index is 1020. The number of benzene rings is 1. The fourth-order valence-corrected chi connectivity index (χ4v) is 4.14. The van der Waals surface area contributed by atoms with Crippen molar-refractivity contribution in [3.8, 4) is 11.5 Å². The lowest BCUT2D eigenvalue weighted by atomic mass is 9.94. The largest absolute Gasteiger partial charge is 0.454 e. The van der Waals surface area contributed by atoms with Crippen LogP contribution in [0, 0.1) is 0 Å². The third-order valence-electron chi connectivity index (χ3n) is 5.69. The molecule has 29 heavy (non-hydrogen) atoms. The number of nitrogens with zero attached hydrogens (tertiary/aromatic N) is 2. The van der Waals surface area contributed by atoms with E-state index < -0.39 is 11.2 Å². The molecule has 4 rings (SSSR count). The van der Waals surface area contributed by atoms with Gasteiger partial charge < -0.3 is 19.4 Å². The second kappa shape index (κ2) is 8.14. The van der Waals surface area contributed by atoms with Crippen molar-refractivity contribution in [3.63, 3.8) is 0 Å². The topological polar surface area (TPSA) is 93.6 Å². The highest BCUT2D eigenvalue weighted by Gasteiger charge is 2.27. The molecule has 0 radical (unpaired) electrons. The van der Waals surface area contributed by atoms with Crippen LogP contribution < -0.4 is 20.7 Å². The molecule has 1 N–H and O–H groups in total. The molecule has 2 aliphatic rings. The molecule has 0 bridgehead atoms. The molecule has 2 aromatic rings. The molecule has 1 aromatic heterocycles. The molecule has 8 nitrogen and oxygen atoms in total. The van der Waals surface area contributed by atoms with Gasteiger partial charge in [-0.3, -0.25) is 14.2 Å². The first kappa shape index (κ1) is 19.3. The molecule has 154 valence electrons. The number of aromatic amines is 1. The minimum Gasteiger partial charge on any atom is -0.454 e. The van der Waals surface area contributed by atoms with Gasteiger partial charge in [0.1, 0.15) is 5.56 Å². The maximum absolute atomic E-state index is 13.1. The normalized spacial score (nSPS) is 16.0. The number of hydrogen-bond donors (Lipinski definition) is 1. The van der Waals surface area contributed by atoms with Crippen LogP contribution in [0.3, 0.4) is 0 Å². The first-order valence-corrected chi connectivity index (χ1v) is 10.1. The summed E-state index contributed by atoms with van der Waals surface area (Å²) in [6.45, 7) is 2.65. The van der Waals surface area contributed by atoms with Gasteiger partial charge in [0.05, 0.1) is 6.54 Å². The molecule has 0 atom stereocenters. The van der Waals surface area contributed by atoms with Crippen LogP contribution in [0.5, 0.6) is 11.5 Å². The van der Waals surface area contributed by atoms with Gasteiger partial charge in [-0.05, 0) is 37.5 Å². The van der Waals surface area contributed by atoms with E-state index in [1.54, 1.807) is 23.1 Å². The summed E-state index contributed by atoms with van der Waals surface area (Å²) in [5.41, 5.74) is -0.417. The van der Waals surface area contributed by atoms with Crippen molar-refractivity contribution in [2.75, 3.05) is 13.3 Å². The number of carbonyl (C=O) groups is 1. The zero-order chi connectivity index (χ0) is 20.4. The highest BCUT2D eigenvalue weighted by atomic mass is 16.7. The third kappa shape index (κ3) is 3.79. The van der Waals surface area contributed by atoms with Crippen LogP contribution in [-0.4, -0.2) is 39.7 Å². The number of ether oxygens (including phenoxy) is 2. The SMILES string of the molecule is CCN(C(=O)c1c[nH]c(=O)n(Cc2ccc3c(c2)OCO3)c1=O)C1CCCCC1. The van der Waals surface area contributed by atoms with Gasteiger partial charge in [-0.15, -0.1) is 0 Å². The van der Waals surface area contributed by atoms with Gasteiger partial charge in [-0.2, -0.15) is 0 Å². The number of rotatable bonds is 5. The zero-order valence-electron chi connectivity index (χ0n) is 16.5. The van der Waals surface area contributed by atoms with Crippen LogP contribution in [0.4, 0.5) is 0 Å². The fourth-order valence-electron chi connectivity index (χ4n) is 4.14. The molecular formula is C21H25N3O5. The predicted molar refractivity (Wildman–Crippen MR) is 107 cm³/mol. The Hall–Kier alpha value is -3.03. The van der Waals surface area contributed by atoms with Crippen molar-refractivity contribution >= 4 is 5.91 Å². The van der Waals surface area contributed by atoms with Gasteiger partial charge in [0.15, 0.2) is 11.5 Å². The van der Waals surface area contributed by atoms with Gasteiger partial charge in [-0.1, -0.05) is 25.3 Å². The molecule has 0 saturated heterocycles. The molecule has 1 fully saturated rings. The minimum atomic E-state index is -0.578. The summed E-state index contributed by atoms with van der Waals surface area (Å²) in [7, 11) is 0. The molecule has 8 heteroatoms. The molecule has 0 spiro atoms. The summed E-state index contributed by atoms with van der Waals surface area (Å²) in [5, 5.41) is 0. The van der Waals surface area contributed by atoms with Gasteiger partial charge in [0, 0.05) is 18.8 Å². The van der Waals surface area contributed by atoms with E-state index in [1.165, 1.54) is 12.6 Å². The van der Waals surface area contributed by atoms with Crippen molar-refractivity contribution in [1.29, 1.82) is 0 Å². The average Bonchev–Trinajstić information content (AvgIpc) is 3.20. The Kier molecular flexibility index (Phi) is 5.42. The van der Waals surface area contributed by atoms with E-state index in [9.17, 15) is 14.4 Å². The van der Waals surface area contributed by atoms with Crippen LogP contribution in [-0.2, 0) is 6.54 Å². The fraction of sp³-hybridized carbons (Fsp3) is 0.476. The molecule has 1 aliphatic carbocycles. The van der Waals surface area contributed by atoms with Crippen LogP contribution >= 0.6 is 0 Å². The van der Waals surface area contributed by atoms with E-state index in [2.05, 4.69) is 4.98 Å². The second-order valence-electron chi connectivity index (χ2n) is 7.47. The number of nitrogens with one attached hydrogen (secondary N) is 1. The monoisotopic (exact) mass is 399 g/mol. The van der Waals surface area contributed by atoms with E-state index in [0.717, 1.165) is 30.3 Å². The maximum Gasteiger partial charge on any atom is 0.328 e. The lowest BCUT2D eigenvalue weighted by molar-refractivity contribution is 0.0644. The lowest BCUT2D eigenvalue weighted by Crippen LogP contribution is -2.46. The van der Waals surface area contributed by atoms with Crippen molar-refractivity contribution in [1.82, 2.24) is 14.5 Å². The van der Waals surface area contributed by atoms with Crippen LogP contribution in [0.1, 0.15) is 54.9 Å². The van der Waals surface area contributed by atoms with Crippen molar-refractivity contribution in [3.05, 3.63) is 56.4 Å². The lowest BCUT2D eigenvalue weighted by Gasteiger charge is -2.33. The summed E-state index contributed by atoms with van der Waals surface area (Å²) in [5.74, 6) is 0.888. The number of fused-ring (bicyclic) bond motifs is 1. The van der Waals surface area contributed by atoms with Gasteiger partial charge in [0.25, 0.3) is 11.5 Å². The number of hydrogen-bond acceptors (Lipinski definition) is 5. The van der Waals surface area contributed by atoms with Crippen LogP contribution in [0.25, 0.3) is 0 Å². The van der Waals surface area contributed by atoms with Gasteiger partial charge >= 0.3 is 5.69 Å². The van der Waals surface area contributed by atoms with E-state index in [4.69, 9.17) is 9.47 Å². The average molecular weight is 399 g/mol. The Balaban J connectivity index is 1.63. The van der Waals surface area contributed by atoms with Gasteiger partial charge in [-0.25, -0.2) is 4.79 Å². The van der Waals surface area contributed by atoms with E-state index in [-0.39, 0.29) is 30.9 Å². The summed E-state index contributed by atoms with van der Waals surface area (Å²) >= 11 is 0. The summed E-state index contributed by atoms with van der Waals surface area (Å²) in [4.78, 5) is 42.8. The molecule has 1 saturated carbocycles. The Morgan fingerprint density at radius 1 is 1.17 bits per heavy atom. The minimum absolute atomic E-state index is 0.00207. The second-order valence-corrected chi connectivity index (χ2v) is 7.47. The van der Waals surface area contributed by atoms with Gasteiger partial charge in [0.2, 0.25) is 6.79 Å². The number of aromatic nitrogens is 2. The van der Waals surface area contributed by atoms with Crippen molar-refractivity contribution < 1.29 is 14.3 Å².